The van der Waals surface area contributed by atoms with Crippen LogP contribution in [0.1, 0.15) is 83.6 Å². The fourth-order valence-corrected chi connectivity index (χ4v) is 5.46. The van der Waals surface area contributed by atoms with Crippen LogP contribution in [-0.2, 0) is 6.42 Å². The molecular weight excluding hydrogens is 406 g/mol. The number of likely N-dealkylation sites (tertiary alicyclic amines) is 1. The number of unbranched alkanes of at least 4 members (excludes halogenated alkanes) is 4. The number of nitrogens with two attached hydrogens (primary N) is 1. The molecule has 0 radical (unpaired) electrons. The van der Waals surface area contributed by atoms with E-state index in [9.17, 15) is 0 Å². The molecule has 3 rings (SSSR count). The van der Waals surface area contributed by atoms with Gasteiger partial charge in [-0.3, -0.25) is 4.98 Å². The zero-order valence-corrected chi connectivity index (χ0v) is 21.2. The molecule has 1 aromatic carbocycles. The minimum absolute atomic E-state index is 0.664. The first-order valence-corrected chi connectivity index (χ1v) is 13.7. The first kappa shape index (κ1) is 26.0. The monoisotopic (exact) mass is 453 g/mol. The molecule has 1 aliphatic heterocycles. The summed E-state index contributed by atoms with van der Waals surface area (Å²) >= 11 is 0. The molecule has 1 aromatic heterocycles. The number of piperidine rings is 1. The number of aryl methyl sites for hydroxylation is 1. The molecule has 2 N–H and O–H groups in total. The van der Waals surface area contributed by atoms with Gasteiger partial charge in [0.05, 0.1) is 12.1 Å². The summed E-state index contributed by atoms with van der Waals surface area (Å²) in [5.41, 5.74) is 8.07. The van der Waals surface area contributed by atoms with Crippen molar-refractivity contribution in [1.82, 2.24) is 9.88 Å². The molecule has 0 spiro atoms. The summed E-state index contributed by atoms with van der Waals surface area (Å²) in [5.74, 6) is 2.68. The number of rotatable bonds is 15. The number of hydrogen-bond donors (Lipinski definition) is 1. The maximum atomic E-state index is 5.88. The van der Waals surface area contributed by atoms with Crippen molar-refractivity contribution in [3.05, 3.63) is 36.0 Å². The van der Waals surface area contributed by atoms with E-state index in [1.165, 1.54) is 88.4 Å². The quantitative estimate of drug-likeness (QED) is 0.309. The number of benzene rings is 1. The Bertz CT molecular complexity index is 809. The fourth-order valence-electron chi connectivity index (χ4n) is 5.46. The molecular formula is C29H47N3O. The van der Waals surface area contributed by atoms with E-state index in [-0.39, 0.29) is 0 Å². The fraction of sp³-hybridized carbons (Fsp3) is 0.690. The standard InChI is InChI=1S/C29H47N3O/c1-3-5-6-7-8-19-32-20-16-25(24(4-2)23-32)11-9-12-26-15-18-31-29-14-13-27(22-28(26)29)33-21-10-17-30/h13-15,18,22,24-25H,3-12,16-17,19-21,23,30H2,1-2H3/t24-,25+/m0/s1. The minimum Gasteiger partial charge on any atom is -0.494 e. The SMILES string of the molecule is CCCCCCCN1CC[C@@H](CCCc2ccnc3ccc(OCCCN)cc23)[C@@H](CC)C1. The zero-order valence-electron chi connectivity index (χ0n) is 21.2. The van der Waals surface area contributed by atoms with Gasteiger partial charge in [-0.25, -0.2) is 0 Å². The van der Waals surface area contributed by atoms with Crippen LogP contribution in [0, 0.1) is 11.8 Å². The van der Waals surface area contributed by atoms with Crippen molar-refractivity contribution >= 4 is 10.9 Å². The molecule has 2 aromatic rings. The largest absolute Gasteiger partial charge is 0.494 e. The van der Waals surface area contributed by atoms with E-state index in [0.717, 1.165) is 35.9 Å². The van der Waals surface area contributed by atoms with E-state index in [1.807, 2.05) is 12.3 Å². The van der Waals surface area contributed by atoms with Crippen molar-refractivity contribution in [2.45, 2.75) is 84.5 Å². The van der Waals surface area contributed by atoms with E-state index in [2.05, 4.69) is 41.9 Å². The van der Waals surface area contributed by atoms with Crippen LogP contribution in [0.5, 0.6) is 5.75 Å². The molecule has 0 aliphatic carbocycles. The lowest BCUT2D eigenvalue weighted by atomic mass is 9.80. The molecule has 4 nitrogen and oxygen atoms in total. The molecule has 0 unspecified atom stereocenters. The first-order valence-electron chi connectivity index (χ1n) is 13.7. The van der Waals surface area contributed by atoms with Gasteiger partial charge in [-0.15, -0.1) is 0 Å². The number of aromatic nitrogens is 1. The summed E-state index contributed by atoms with van der Waals surface area (Å²) < 4.78 is 5.88. The molecule has 1 fully saturated rings. The van der Waals surface area contributed by atoms with E-state index in [1.54, 1.807) is 0 Å². The highest BCUT2D eigenvalue weighted by atomic mass is 16.5. The Labute approximate surface area is 202 Å². The van der Waals surface area contributed by atoms with Gasteiger partial charge in [0.15, 0.2) is 0 Å². The third-order valence-electron chi connectivity index (χ3n) is 7.52. The van der Waals surface area contributed by atoms with E-state index in [4.69, 9.17) is 10.5 Å². The van der Waals surface area contributed by atoms with E-state index < -0.39 is 0 Å². The number of fused-ring (bicyclic) bond motifs is 1. The lowest BCUT2D eigenvalue weighted by Gasteiger charge is -2.38. The Morgan fingerprint density at radius 3 is 2.73 bits per heavy atom. The van der Waals surface area contributed by atoms with Crippen molar-refractivity contribution in [3.8, 4) is 5.75 Å². The van der Waals surface area contributed by atoms with Gasteiger partial charge in [0.25, 0.3) is 0 Å². The molecule has 0 bridgehead atoms. The third-order valence-corrected chi connectivity index (χ3v) is 7.52. The number of ether oxygens (including phenoxy) is 1. The number of nitrogens with zero attached hydrogens (tertiary/aromatic N) is 2. The summed E-state index contributed by atoms with van der Waals surface area (Å²) in [6, 6.07) is 8.48. The average molecular weight is 454 g/mol. The zero-order chi connectivity index (χ0) is 23.3. The van der Waals surface area contributed by atoms with Gasteiger partial charge in [0.1, 0.15) is 5.75 Å². The average Bonchev–Trinajstić information content (AvgIpc) is 2.85. The molecule has 184 valence electrons. The Kier molecular flexibility index (Phi) is 11.5. The smallest absolute Gasteiger partial charge is 0.120 e. The summed E-state index contributed by atoms with van der Waals surface area (Å²) in [4.78, 5) is 7.32. The Morgan fingerprint density at radius 1 is 1.03 bits per heavy atom. The van der Waals surface area contributed by atoms with Crippen LogP contribution < -0.4 is 10.5 Å². The van der Waals surface area contributed by atoms with E-state index in [0.29, 0.717) is 13.2 Å². The van der Waals surface area contributed by atoms with Gasteiger partial charge >= 0.3 is 0 Å². The minimum atomic E-state index is 0.664. The van der Waals surface area contributed by atoms with Gasteiger partial charge in [0.2, 0.25) is 0 Å². The normalized spacial score (nSPS) is 19.2. The second-order valence-corrected chi connectivity index (χ2v) is 9.96. The van der Waals surface area contributed by atoms with Crippen LogP contribution in [-0.4, -0.2) is 42.7 Å². The highest BCUT2D eigenvalue weighted by Gasteiger charge is 2.27. The maximum absolute atomic E-state index is 5.88. The van der Waals surface area contributed by atoms with Crippen LogP contribution in [0.15, 0.2) is 30.5 Å². The van der Waals surface area contributed by atoms with E-state index >= 15 is 0 Å². The Morgan fingerprint density at radius 2 is 1.91 bits per heavy atom. The summed E-state index contributed by atoms with van der Waals surface area (Å²) in [7, 11) is 0. The second-order valence-electron chi connectivity index (χ2n) is 9.96. The van der Waals surface area contributed by atoms with Crippen molar-refractivity contribution in [3.63, 3.8) is 0 Å². The van der Waals surface area contributed by atoms with Crippen LogP contribution in [0.25, 0.3) is 10.9 Å². The lowest BCUT2D eigenvalue weighted by Crippen LogP contribution is -2.40. The van der Waals surface area contributed by atoms with Crippen molar-refractivity contribution in [2.75, 3.05) is 32.8 Å². The molecule has 2 heterocycles. The molecule has 1 aliphatic rings. The number of hydrogen-bond acceptors (Lipinski definition) is 4. The third kappa shape index (κ3) is 8.26. The lowest BCUT2D eigenvalue weighted by molar-refractivity contribution is 0.108. The predicted molar refractivity (Wildman–Crippen MR) is 141 cm³/mol. The van der Waals surface area contributed by atoms with Gasteiger partial charge in [0, 0.05) is 18.1 Å². The predicted octanol–water partition coefficient (Wildman–Crippen LogP) is 6.60. The van der Waals surface area contributed by atoms with Crippen LogP contribution in [0.3, 0.4) is 0 Å². The second kappa shape index (κ2) is 14.6. The Balaban J connectivity index is 1.48. The highest BCUT2D eigenvalue weighted by molar-refractivity contribution is 5.83. The summed E-state index contributed by atoms with van der Waals surface area (Å²) in [6.07, 6.45) is 16.2. The topological polar surface area (TPSA) is 51.4 Å². The molecule has 0 saturated carbocycles. The van der Waals surface area contributed by atoms with Crippen molar-refractivity contribution < 1.29 is 4.74 Å². The highest BCUT2D eigenvalue weighted by Crippen LogP contribution is 2.31. The number of pyridine rings is 1. The summed E-state index contributed by atoms with van der Waals surface area (Å²) in [6.45, 7) is 9.96. The van der Waals surface area contributed by atoms with Gasteiger partial charge in [-0.1, -0.05) is 46.0 Å². The van der Waals surface area contributed by atoms with Crippen LogP contribution in [0.2, 0.25) is 0 Å². The maximum Gasteiger partial charge on any atom is 0.120 e. The molecule has 4 heteroatoms. The Hall–Kier alpha value is -1.65. The van der Waals surface area contributed by atoms with Crippen molar-refractivity contribution in [1.29, 1.82) is 0 Å². The van der Waals surface area contributed by atoms with Crippen molar-refractivity contribution in [2.24, 2.45) is 17.6 Å². The molecule has 2 atom stereocenters. The molecule has 33 heavy (non-hydrogen) atoms. The molecule has 0 amide bonds. The van der Waals surface area contributed by atoms with Crippen LogP contribution >= 0.6 is 0 Å². The molecule has 1 saturated heterocycles. The van der Waals surface area contributed by atoms with Crippen LogP contribution in [0.4, 0.5) is 0 Å². The summed E-state index contributed by atoms with van der Waals surface area (Å²) in [5, 5.41) is 1.24. The van der Waals surface area contributed by atoms with Gasteiger partial charge < -0.3 is 15.4 Å². The first-order chi connectivity index (χ1) is 16.2. The van der Waals surface area contributed by atoms with Gasteiger partial charge in [-0.05, 0) is 99.8 Å². The van der Waals surface area contributed by atoms with Gasteiger partial charge in [-0.2, -0.15) is 0 Å².